The summed E-state index contributed by atoms with van der Waals surface area (Å²) in [6.07, 6.45) is 8.37. The highest BCUT2D eigenvalue weighted by Gasteiger charge is 2.37. The van der Waals surface area contributed by atoms with Crippen LogP contribution in [0.5, 0.6) is 0 Å². The first-order chi connectivity index (χ1) is 51.8. The van der Waals surface area contributed by atoms with E-state index in [1.807, 2.05) is 18.2 Å². The molecule has 0 radical (unpaired) electrons. The van der Waals surface area contributed by atoms with Crippen LogP contribution in [0.3, 0.4) is 0 Å². The molecule has 17 aromatic rings. The molecule has 0 spiro atoms. The highest BCUT2D eigenvalue weighted by Crippen LogP contribution is 2.54. The van der Waals surface area contributed by atoms with Crippen LogP contribution in [-0.2, 0) is 5.41 Å². The fourth-order valence-electron chi connectivity index (χ4n) is 16.2. The first kappa shape index (κ1) is 62.5. The van der Waals surface area contributed by atoms with E-state index in [0.29, 0.717) is 0 Å². The fourth-order valence-corrected chi connectivity index (χ4v) is 16.2. The number of hydrogen-bond donors (Lipinski definition) is 0. The molecule has 0 N–H and O–H groups in total. The van der Waals surface area contributed by atoms with Crippen molar-refractivity contribution in [1.29, 1.82) is 0 Å². The summed E-state index contributed by atoms with van der Waals surface area (Å²) < 4.78 is 6.49. The zero-order valence-corrected chi connectivity index (χ0v) is 58.3. The minimum absolute atomic E-state index is 0.187. The van der Waals surface area contributed by atoms with Gasteiger partial charge in [0.1, 0.15) is 11.2 Å². The van der Waals surface area contributed by atoms with Crippen molar-refractivity contribution in [2.24, 2.45) is 0 Å². The number of para-hydroxylation sites is 2. The van der Waals surface area contributed by atoms with Crippen molar-refractivity contribution in [2.45, 2.75) is 25.2 Å². The third-order valence-electron chi connectivity index (χ3n) is 21.5. The van der Waals surface area contributed by atoms with Gasteiger partial charge in [0.05, 0.1) is 11.4 Å². The average molecular weight is 1340 g/mol. The molecule has 0 fully saturated rings. The van der Waals surface area contributed by atoms with Crippen LogP contribution >= 0.6 is 0 Å². The zero-order valence-electron chi connectivity index (χ0n) is 58.3. The molecule has 0 bridgehead atoms. The Morgan fingerprint density at radius 2 is 0.686 bits per heavy atom. The molecule has 19 rings (SSSR count). The number of anilines is 9. The van der Waals surface area contributed by atoms with E-state index in [0.717, 1.165) is 118 Å². The molecule has 0 amide bonds. The summed E-state index contributed by atoms with van der Waals surface area (Å²) >= 11 is 0. The van der Waals surface area contributed by atoms with Crippen LogP contribution in [0.15, 0.2) is 398 Å². The van der Waals surface area contributed by atoms with E-state index in [1.54, 1.807) is 0 Å². The summed E-state index contributed by atoms with van der Waals surface area (Å²) in [5, 5.41) is 7.05. The lowest BCUT2D eigenvalue weighted by Gasteiger charge is -2.30. The first-order valence-electron chi connectivity index (χ1n) is 36.2. The Bertz CT molecular complexity index is 6270. The minimum Gasteiger partial charge on any atom is -0.455 e. The molecule has 4 heteroatoms. The van der Waals surface area contributed by atoms with E-state index in [2.05, 4.69) is 404 Å². The van der Waals surface area contributed by atoms with Gasteiger partial charge in [0.25, 0.3) is 0 Å². The lowest BCUT2D eigenvalue weighted by Crippen LogP contribution is -2.18. The van der Waals surface area contributed by atoms with Gasteiger partial charge in [-0.2, -0.15) is 0 Å². The molecule has 1 aromatic heterocycles. The molecule has 16 aromatic carbocycles. The maximum atomic E-state index is 6.49. The smallest absolute Gasteiger partial charge is 0.143 e. The highest BCUT2D eigenvalue weighted by molar-refractivity contribution is 6.10. The van der Waals surface area contributed by atoms with Gasteiger partial charge in [-0.3, -0.25) is 0 Å². The van der Waals surface area contributed by atoms with E-state index < -0.39 is 0 Å². The summed E-state index contributed by atoms with van der Waals surface area (Å²) in [6, 6.07) is 133. The summed E-state index contributed by atoms with van der Waals surface area (Å²) in [7, 11) is 0. The topological polar surface area (TPSA) is 22.9 Å². The van der Waals surface area contributed by atoms with Crippen molar-refractivity contribution in [3.8, 4) is 66.8 Å². The monoisotopic (exact) mass is 1340 g/mol. The third-order valence-corrected chi connectivity index (χ3v) is 21.5. The molecule has 2 aliphatic carbocycles. The molecular formula is C101H71N3O. The van der Waals surface area contributed by atoms with Crippen LogP contribution in [-0.4, -0.2) is 0 Å². The Hall–Kier alpha value is -13.5. The fraction of sp³-hybridized carbons (Fsp3) is 0.0396. The Labute approximate surface area is 612 Å². The summed E-state index contributed by atoms with van der Waals surface area (Å²) in [5.74, 6) is 0.187. The molecular weight excluding hydrogens is 1270 g/mol. The number of allylic oxidation sites excluding steroid dienone is 3. The predicted molar refractivity (Wildman–Crippen MR) is 442 cm³/mol. The Kier molecular flexibility index (Phi) is 15.6. The lowest BCUT2D eigenvalue weighted by atomic mass is 9.82. The molecule has 1 unspecified atom stereocenters. The van der Waals surface area contributed by atoms with Gasteiger partial charge in [-0.25, -0.2) is 0 Å². The van der Waals surface area contributed by atoms with E-state index >= 15 is 0 Å². The second-order valence-corrected chi connectivity index (χ2v) is 28.1. The van der Waals surface area contributed by atoms with Crippen molar-refractivity contribution in [3.05, 3.63) is 411 Å². The number of benzene rings is 16. The SMILES string of the molecule is CC1(C)c2cc(N(c3ccc(-c4ccccc4)cc3)c3cccc4ccccc34)ccc2-c2ccc(N(c3ccc(-c4cccc(-c5cccc(-c6ccc(N(c7ccc(-c8cccc9c8oc8ccccc89)cc7)c7ccc(C8C=C=CC=C8)cc7)cc6)c5)c4)cc3)c3cccc4ccccc34)cc21. The summed E-state index contributed by atoms with van der Waals surface area (Å²) in [4.78, 5) is 7.24. The largest absolute Gasteiger partial charge is 0.455 e. The van der Waals surface area contributed by atoms with Crippen LogP contribution in [0.25, 0.3) is 110 Å². The van der Waals surface area contributed by atoms with Crippen molar-refractivity contribution >= 4 is 94.7 Å². The Morgan fingerprint density at radius 1 is 0.295 bits per heavy atom. The van der Waals surface area contributed by atoms with Crippen molar-refractivity contribution < 1.29 is 4.42 Å². The molecule has 1 heterocycles. The van der Waals surface area contributed by atoms with Crippen molar-refractivity contribution in [1.82, 2.24) is 0 Å². The molecule has 0 saturated carbocycles. The third kappa shape index (κ3) is 11.4. The van der Waals surface area contributed by atoms with Gasteiger partial charge in [0.2, 0.25) is 0 Å². The number of fused-ring (bicyclic) bond motifs is 8. The van der Waals surface area contributed by atoms with Gasteiger partial charge < -0.3 is 19.1 Å². The van der Waals surface area contributed by atoms with Crippen LogP contribution < -0.4 is 14.7 Å². The zero-order chi connectivity index (χ0) is 70.0. The van der Waals surface area contributed by atoms with E-state index in [-0.39, 0.29) is 11.3 Å². The molecule has 496 valence electrons. The van der Waals surface area contributed by atoms with Crippen LogP contribution in [0.2, 0.25) is 0 Å². The Balaban J connectivity index is 0.618. The molecule has 2 aliphatic rings. The van der Waals surface area contributed by atoms with Gasteiger partial charge in [0.15, 0.2) is 0 Å². The van der Waals surface area contributed by atoms with Crippen LogP contribution in [0.1, 0.15) is 36.5 Å². The molecule has 0 aliphatic heterocycles. The van der Waals surface area contributed by atoms with Crippen molar-refractivity contribution in [2.75, 3.05) is 14.7 Å². The lowest BCUT2D eigenvalue weighted by molar-refractivity contribution is 0.660. The maximum Gasteiger partial charge on any atom is 0.143 e. The van der Waals surface area contributed by atoms with Crippen LogP contribution in [0, 0.1) is 0 Å². The predicted octanol–water partition coefficient (Wildman–Crippen LogP) is 28.3. The number of rotatable bonds is 15. The van der Waals surface area contributed by atoms with E-state index in [1.165, 1.54) is 60.5 Å². The molecule has 0 saturated heterocycles. The molecule has 4 nitrogen and oxygen atoms in total. The maximum absolute atomic E-state index is 6.49. The van der Waals surface area contributed by atoms with Gasteiger partial charge in [-0.15, -0.1) is 5.73 Å². The quantitative estimate of drug-likeness (QED) is 0.0954. The first-order valence-corrected chi connectivity index (χ1v) is 36.2. The summed E-state index contributed by atoms with van der Waals surface area (Å²) in [6.45, 7) is 4.80. The molecule has 105 heavy (non-hydrogen) atoms. The number of nitrogens with zero attached hydrogens (tertiary/aromatic N) is 3. The second kappa shape index (κ2) is 26.1. The number of hydrogen-bond acceptors (Lipinski definition) is 4. The van der Waals surface area contributed by atoms with Gasteiger partial charge in [-0.05, 0) is 216 Å². The minimum atomic E-state index is -0.328. The van der Waals surface area contributed by atoms with E-state index in [4.69, 9.17) is 4.42 Å². The summed E-state index contributed by atoms with van der Waals surface area (Å²) in [5.41, 5.74) is 32.5. The van der Waals surface area contributed by atoms with Crippen LogP contribution in [0.4, 0.5) is 51.2 Å². The number of furan rings is 1. The van der Waals surface area contributed by atoms with Gasteiger partial charge in [0, 0.05) is 78.3 Å². The average Bonchev–Trinajstić information content (AvgIpc) is 1.51. The standard InChI is InChI=1S/C101H71N3O/c1-101(2)95-66-86(103(97-37-17-26-74-24-9-11-32-88(74)97)84-54-42-71(43-55-84)69-22-7-4-8-23-69)60-62-91(95)92-63-61-87(67-96(92)101)104(98-38-18-27-75-25-10-12-33-89(75)98)85-56-46-73(47-57-85)78-29-16-31-80(65-78)79-30-15-28-77(64-79)72-44-52-82(53-45-72)102(81-50-40-70(41-51-81)68-20-5-3-6-21-68)83-58-48-76(49-59-83)90-35-19-36-94-93-34-13-14-39-99(93)105-100(90)94/h3-5,7-68H,1-2H3. The van der Waals surface area contributed by atoms with Gasteiger partial charge >= 0.3 is 0 Å². The normalized spacial score (nSPS) is 13.3. The van der Waals surface area contributed by atoms with Gasteiger partial charge in [-0.1, -0.05) is 275 Å². The van der Waals surface area contributed by atoms with E-state index in [9.17, 15) is 0 Å². The second-order valence-electron chi connectivity index (χ2n) is 28.1. The highest BCUT2D eigenvalue weighted by atomic mass is 16.3. The molecule has 1 atom stereocenters. The van der Waals surface area contributed by atoms with Crippen molar-refractivity contribution in [3.63, 3.8) is 0 Å². The Morgan fingerprint density at radius 3 is 1.21 bits per heavy atom.